The van der Waals surface area contributed by atoms with E-state index in [1.54, 1.807) is 19.0 Å². The predicted octanol–water partition coefficient (Wildman–Crippen LogP) is 2.06. The average molecular weight is 290 g/mol. The van der Waals surface area contributed by atoms with Gasteiger partial charge in [0.2, 0.25) is 5.91 Å². The monoisotopic (exact) mass is 290 g/mol. The highest BCUT2D eigenvalue weighted by Crippen LogP contribution is 2.22. The number of rotatable bonds is 4. The van der Waals surface area contributed by atoms with Gasteiger partial charge < -0.3 is 4.90 Å². The van der Waals surface area contributed by atoms with Gasteiger partial charge in [-0.1, -0.05) is 29.5 Å². The Kier molecular flexibility index (Phi) is 4.44. The van der Waals surface area contributed by atoms with Crippen molar-refractivity contribution in [2.75, 3.05) is 19.8 Å². The van der Waals surface area contributed by atoms with Crippen LogP contribution in [-0.2, 0) is 4.79 Å². The lowest BCUT2D eigenvalue weighted by atomic mass is 10.2. The van der Waals surface area contributed by atoms with Gasteiger partial charge in [0.15, 0.2) is 5.16 Å². The van der Waals surface area contributed by atoms with Gasteiger partial charge in [-0.05, 0) is 26.0 Å². The van der Waals surface area contributed by atoms with E-state index in [1.807, 2.05) is 42.7 Å². The van der Waals surface area contributed by atoms with E-state index in [2.05, 4.69) is 10.2 Å². The van der Waals surface area contributed by atoms with Gasteiger partial charge in [0, 0.05) is 19.8 Å². The lowest BCUT2D eigenvalue weighted by Crippen LogP contribution is -2.23. The first-order valence-corrected chi connectivity index (χ1v) is 7.29. The Labute approximate surface area is 123 Å². The Morgan fingerprint density at radius 2 is 1.85 bits per heavy atom. The van der Waals surface area contributed by atoms with E-state index in [0.717, 1.165) is 16.7 Å². The summed E-state index contributed by atoms with van der Waals surface area (Å²) < 4.78 is 1.97. The zero-order valence-electron chi connectivity index (χ0n) is 12.1. The molecule has 1 amide bonds. The Bertz CT molecular complexity index is 604. The minimum atomic E-state index is 0.0612. The smallest absolute Gasteiger partial charge is 0.232 e. The van der Waals surface area contributed by atoms with E-state index in [1.165, 1.54) is 17.3 Å². The quantitative estimate of drug-likeness (QED) is 0.809. The van der Waals surface area contributed by atoms with Crippen molar-refractivity contribution in [3.8, 4) is 5.69 Å². The molecule has 2 aromatic rings. The normalized spacial score (nSPS) is 10.6. The molecule has 0 aliphatic rings. The number of amides is 1. The summed E-state index contributed by atoms with van der Waals surface area (Å²) in [4.78, 5) is 13.2. The van der Waals surface area contributed by atoms with Crippen LogP contribution in [0.1, 0.15) is 11.4 Å². The van der Waals surface area contributed by atoms with Gasteiger partial charge in [-0.15, -0.1) is 10.2 Å². The summed E-state index contributed by atoms with van der Waals surface area (Å²) in [6.07, 6.45) is 0. The largest absolute Gasteiger partial charge is 0.348 e. The fourth-order valence-electron chi connectivity index (χ4n) is 1.68. The zero-order valence-corrected chi connectivity index (χ0v) is 12.9. The Morgan fingerprint density at radius 3 is 2.45 bits per heavy atom. The molecule has 106 valence electrons. The van der Waals surface area contributed by atoms with Gasteiger partial charge in [-0.2, -0.15) is 0 Å². The molecule has 20 heavy (non-hydrogen) atoms. The summed E-state index contributed by atoms with van der Waals surface area (Å²) in [5.41, 5.74) is 2.22. The molecule has 0 aliphatic heterocycles. The van der Waals surface area contributed by atoms with E-state index >= 15 is 0 Å². The predicted molar refractivity (Wildman–Crippen MR) is 80.3 cm³/mol. The number of aryl methyl sites for hydroxylation is 2. The molecule has 0 aliphatic carbocycles. The van der Waals surface area contributed by atoms with E-state index in [9.17, 15) is 4.79 Å². The number of aromatic nitrogens is 3. The van der Waals surface area contributed by atoms with Gasteiger partial charge in [0.05, 0.1) is 5.75 Å². The first kappa shape index (κ1) is 14.6. The number of carbonyl (C=O) groups excluding carboxylic acids is 1. The number of benzene rings is 1. The minimum absolute atomic E-state index is 0.0612. The summed E-state index contributed by atoms with van der Waals surface area (Å²) in [7, 11) is 3.50. The molecule has 0 saturated heterocycles. The standard InChI is InChI=1S/C14H18N4OS/c1-10-5-7-12(8-6-10)18-11(2)15-16-14(18)20-9-13(19)17(3)4/h5-8H,9H2,1-4H3. The van der Waals surface area contributed by atoms with Crippen molar-refractivity contribution < 1.29 is 4.79 Å². The van der Waals surface area contributed by atoms with E-state index < -0.39 is 0 Å². The van der Waals surface area contributed by atoms with Crippen molar-refractivity contribution in [1.29, 1.82) is 0 Å². The maximum absolute atomic E-state index is 11.7. The molecule has 5 nitrogen and oxygen atoms in total. The van der Waals surface area contributed by atoms with Crippen LogP contribution < -0.4 is 0 Å². The van der Waals surface area contributed by atoms with Crippen molar-refractivity contribution in [3.05, 3.63) is 35.7 Å². The maximum atomic E-state index is 11.7. The summed E-state index contributed by atoms with van der Waals surface area (Å²) >= 11 is 1.40. The van der Waals surface area contributed by atoms with Crippen LogP contribution in [0.5, 0.6) is 0 Å². The van der Waals surface area contributed by atoms with Crippen LogP contribution in [0.15, 0.2) is 29.4 Å². The molecule has 0 unspecified atom stereocenters. The fraction of sp³-hybridized carbons (Fsp3) is 0.357. The van der Waals surface area contributed by atoms with Gasteiger partial charge in [-0.25, -0.2) is 0 Å². The van der Waals surface area contributed by atoms with Crippen molar-refractivity contribution in [2.24, 2.45) is 0 Å². The van der Waals surface area contributed by atoms with Crippen LogP contribution in [0.25, 0.3) is 5.69 Å². The lowest BCUT2D eigenvalue weighted by Gasteiger charge is -2.11. The highest BCUT2D eigenvalue weighted by Gasteiger charge is 2.13. The minimum Gasteiger partial charge on any atom is -0.348 e. The van der Waals surface area contributed by atoms with Crippen LogP contribution >= 0.6 is 11.8 Å². The van der Waals surface area contributed by atoms with Crippen LogP contribution in [0, 0.1) is 13.8 Å². The molecule has 0 bridgehead atoms. The summed E-state index contributed by atoms with van der Waals surface area (Å²) in [5, 5.41) is 8.99. The van der Waals surface area contributed by atoms with E-state index in [-0.39, 0.29) is 5.91 Å². The van der Waals surface area contributed by atoms with Crippen LogP contribution in [0.4, 0.5) is 0 Å². The molecule has 6 heteroatoms. The van der Waals surface area contributed by atoms with Crippen LogP contribution in [0.2, 0.25) is 0 Å². The van der Waals surface area contributed by atoms with Crippen molar-refractivity contribution in [1.82, 2.24) is 19.7 Å². The highest BCUT2D eigenvalue weighted by atomic mass is 32.2. The third-order valence-corrected chi connectivity index (χ3v) is 3.82. The maximum Gasteiger partial charge on any atom is 0.232 e. The second-order valence-corrected chi connectivity index (χ2v) is 5.72. The van der Waals surface area contributed by atoms with Crippen LogP contribution in [-0.4, -0.2) is 45.4 Å². The molecular weight excluding hydrogens is 272 g/mol. The molecule has 2 rings (SSSR count). The van der Waals surface area contributed by atoms with Crippen molar-refractivity contribution >= 4 is 17.7 Å². The lowest BCUT2D eigenvalue weighted by molar-refractivity contribution is -0.125. The van der Waals surface area contributed by atoms with Gasteiger partial charge >= 0.3 is 0 Å². The Balaban J connectivity index is 2.23. The first-order valence-electron chi connectivity index (χ1n) is 6.31. The number of carbonyl (C=O) groups is 1. The Hall–Kier alpha value is -1.82. The molecule has 0 spiro atoms. The number of nitrogens with zero attached hydrogens (tertiary/aromatic N) is 4. The molecule has 0 atom stereocenters. The fourth-order valence-corrected chi connectivity index (χ4v) is 2.66. The van der Waals surface area contributed by atoms with Crippen molar-refractivity contribution in [2.45, 2.75) is 19.0 Å². The third-order valence-electron chi connectivity index (χ3n) is 2.91. The number of thioether (sulfide) groups is 1. The van der Waals surface area contributed by atoms with Crippen molar-refractivity contribution in [3.63, 3.8) is 0 Å². The van der Waals surface area contributed by atoms with E-state index in [0.29, 0.717) is 5.75 Å². The molecule has 0 radical (unpaired) electrons. The third kappa shape index (κ3) is 3.19. The first-order chi connectivity index (χ1) is 9.49. The topological polar surface area (TPSA) is 51.0 Å². The summed E-state index contributed by atoms with van der Waals surface area (Å²) in [6.45, 7) is 3.96. The number of hydrogen-bond donors (Lipinski definition) is 0. The molecule has 0 saturated carbocycles. The highest BCUT2D eigenvalue weighted by molar-refractivity contribution is 7.99. The Morgan fingerprint density at radius 1 is 1.20 bits per heavy atom. The molecule has 1 aromatic carbocycles. The molecule has 0 N–H and O–H groups in total. The second-order valence-electron chi connectivity index (χ2n) is 4.78. The molecule has 1 aromatic heterocycles. The van der Waals surface area contributed by atoms with Gasteiger partial charge in [0.1, 0.15) is 5.82 Å². The number of hydrogen-bond acceptors (Lipinski definition) is 4. The van der Waals surface area contributed by atoms with E-state index in [4.69, 9.17) is 0 Å². The van der Waals surface area contributed by atoms with Gasteiger partial charge in [0.25, 0.3) is 0 Å². The van der Waals surface area contributed by atoms with Gasteiger partial charge in [-0.3, -0.25) is 9.36 Å². The summed E-state index contributed by atoms with van der Waals surface area (Å²) in [5.74, 6) is 1.23. The average Bonchev–Trinajstić information content (AvgIpc) is 2.78. The zero-order chi connectivity index (χ0) is 14.7. The molecule has 0 fully saturated rings. The molecule has 1 heterocycles. The summed E-state index contributed by atoms with van der Waals surface area (Å²) in [6, 6.07) is 8.16. The SMILES string of the molecule is Cc1ccc(-n2c(C)nnc2SCC(=O)N(C)C)cc1. The molecular formula is C14H18N4OS. The second kappa shape index (κ2) is 6.09. The van der Waals surface area contributed by atoms with Crippen LogP contribution in [0.3, 0.4) is 0 Å².